The molecule has 1 aliphatic rings. The van der Waals surface area contributed by atoms with Gasteiger partial charge in [0, 0.05) is 48.7 Å². The zero-order chi connectivity index (χ0) is 29.5. The monoisotopic (exact) mass is 556 g/mol. The first-order valence-corrected chi connectivity index (χ1v) is 13.1. The van der Waals surface area contributed by atoms with E-state index in [0.717, 1.165) is 5.56 Å². The van der Waals surface area contributed by atoms with Gasteiger partial charge in [-0.1, -0.05) is 48.5 Å². The van der Waals surface area contributed by atoms with E-state index in [1.165, 1.54) is 25.3 Å². The molecule has 0 spiro atoms. The summed E-state index contributed by atoms with van der Waals surface area (Å²) in [4.78, 5) is 49.0. The molecule has 1 aliphatic heterocycles. The number of nitro groups is 1. The molecule has 2 aromatic carbocycles. The number of non-ortho nitro benzene ring substituents is 1. The predicted molar refractivity (Wildman–Crippen MR) is 153 cm³/mol. The number of aliphatic imine (C=N–C) groups is 1. The van der Waals surface area contributed by atoms with Crippen LogP contribution in [0.5, 0.6) is 0 Å². The average molecular weight is 557 g/mol. The Morgan fingerprint density at radius 2 is 1.78 bits per heavy atom. The first-order valence-electron chi connectivity index (χ1n) is 13.1. The van der Waals surface area contributed by atoms with Gasteiger partial charge in [0.2, 0.25) is 0 Å². The molecular weight excluding hydrogens is 524 g/mol. The van der Waals surface area contributed by atoms with Crippen LogP contribution in [-0.2, 0) is 25.6 Å². The molecule has 10 nitrogen and oxygen atoms in total. The SMILES string of the molecule is COC(=O)C1C(C)=NC(C)=C(C(=O)OC(CN(C)Cc2ccccc2)c2ccccn2)C1c1cccc([N+](=O)[O-])c1. The normalized spacial score (nSPS) is 17.5. The van der Waals surface area contributed by atoms with E-state index in [9.17, 15) is 19.7 Å². The fourth-order valence-corrected chi connectivity index (χ4v) is 5.12. The second-order valence-electron chi connectivity index (χ2n) is 9.91. The first-order chi connectivity index (χ1) is 19.7. The summed E-state index contributed by atoms with van der Waals surface area (Å²) in [5, 5.41) is 11.6. The van der Waals surface area contributed by atoms with E-state index >= 15 is 0 Å². The summed E-state index contributed by atoms with van der Waals surface area (Å²) in [7, 11) is 3.18. The third kappa shape index (κ3) is 6.90. The van der Waals surface area contributed by atoms with Crippen LogP contribution >= 0.6 is 0 Å². The molecule has 2 heterocycles. The largest absolute Gasteiger partial charge is 0.468 e. The van der Waals surface area contributed by atoms with Crippen LogP contribution in [0.25, 0.3) is 0 Å². The standard InChI is InChI=1S/C31H32N4O6/c1-20-27(30(36)40-4)29(23-13-10-14-24(17-23)35(38)39)28(21(2)33-20)31(37)41-26(25-15-8-9-16-32-25)19-34(3)18-22-11-6-5-7-12-22/h5-17,26-27,29H,18-19H2,1-4H3. The maximum absolute atomic E-state index is 14.0. The van der Waals surface area contributed by atoms with Crippen molar-refractivity contribution in [3.8, 4) is 0 Å². The van der Waals surface area contributed by atoms with E-state index in [0.29, 0.717) is 35.8 Å². The molecule has 41 heavy (non-hydrogen) atoms. The van der Waals surface area contributed by atoms with E-state index in [-0.39, 0.29) is 11.3 Å². The summed E-state index contributed by atoms with van der Waals surface area (Å²) in [6, 6.07) is 21.2. The number of aromatic nitrogens is 1. The Kier molecular flexibility index (Phi) is 9.36. The maximum atomic E-state index is 14.0. The highest BCUT2D eigenvalue weighted by Gasteiger charge is 2.43. The lowest BCUT2D eigenvalue weighted by atomic mass is 9.75. The second kappa shape index (κ2) is 13.1. The van der Waals surface area contributed by atoms with Crippen LogP contribution in [0.4, 0.5) is 5.69 Å². The van der Waals surface area contributed by atoms with Gasteiger partial charge in [0.05, 0.1) is 23.3 Å². The van der Waals surface area contributed by atoms with Crippen molar-refractivity contribution in [2.45, 2.75) is 32.4 Å². The van der Waals surface area contributed by atoms with Crippen molar-refractivity contribution in [3.05, 3.63) is 117 Å². The van der Waals surface area contributed by atoms with E-state index in [4.69, 9.17) is 9.47 Å². The Balaban J connectivity index is 1.71. The highest BCUT2D eigenvalue weighted by molar-refractivity contribution is 6.07. The lowest BCUT2D eigenvalue weighted by Gasteiger charge is -2.32. The third-order valence-corrected chi connectivity index (χ3v) is 6.98. The molecule has 0 saturated heterocycles. The number of hydrogen-bond donors (Lipinski definition) is 0. The van der Waals surface area contributed by atoms with Gasteiger partial charge >= 0.3 is 11.9 Å². The maximum Gasteiger partial charge on any atom is 0.337 e. The molecule has 0 fully saturated rings. The number of pyridine rings is 1. The molecule has 212 valence electrons. The number of hydrogen-bond acceptors (Lipinski definition) is 9. The van der Waals surface area contributed by atoms with Crippen LogP contribution in [0.2, 0.25) is 0 Å². The molecule has 3 unspecified atom stereocenters. The topological polar surface area (TPSA) is 124 Å². The molecule has 1 aromatic heterocycles. The summed E-state index contributed by atoms with van der Waals surface area (Å²) in [5.74, 6) is -3.17. The summed E-state index contributed by atoms with van der Waals surface area (Å²) in [5.41, 5.74) is 2.84. The number of nitrogens with zero attached hydrogens (tertiary/aromatic N) is 4. The van der Waals surface area contributed by atoms with Crippen molar-refractivity contribution >= 4 is 23.3 Å². The van der Waals surface area contributed by atoms with Gasteiger partial charge in [-0.25, -0.2) is 4.79 Å². The van der Waals surface area contributed by atoms with Crippen LogP contribution < -0.4 is 0 Å². The van der Waals surface area contributed by atoms with Crippen LogP contribution in [-0.4, -0.2) is 53.2 Å². The van der Waals surface area contributed by atoms with E-state index in [1.54, 1.807) is 38.2 Å². The number of allylic oxidation sites excluding steroid dienone is 1. The van der Waals surface area contributed by atoms with Gasteiger partial charge in [-0.15, -0.1) is 0 Å². The molecule has 0 N–H and O–H groups in total. The lowest BCUT2D eigenvalue weighted by molar-refractivity contribution is -0.384. The molecule has 0 saturated carbocycles. The molecule has 0 bridgehead atoms. The number of ether oxygens (including phenoxy) is 2. The molecular formula is C31H32N4O6. The molecule has 0 aliphatic carbocycles. The smallest absolute Gasteiger partial charge is 0.337 e. The first kappa shape index (κ1) is 29.3. The molecule has 4 rings (SSSR count). The zero-order valence-corrected chi connectivity index (χ0v) is 23.4. The van der Waals surface area contributed by atoms with Crippen molar-refractivity contribution in [2.75, 3.05) is 20.7 Å². The van der Waals surface area contributed by atoms with Gasteiger partial charge in [0.1, 0.15) is 5.92 Å². The number of likely N-dealkylation sites (N-methyl/N-ethyl adjacent to an activating group) is 1. The van der Waals surface area contributed by atoms with E-state index in [1.807, 2.05) is 48.3 Å². The Labute approximate surface area is 238 Å². The van der Waals surface area contributed by atoms with Crippen molar-refractivity contribution in [2.24, 2.45) is 10.9 Å². The summed E-state index contributed by atoms with van der Waals surface area (Å²) in [6.07, 6.45) is 0.887. The van der Waals surface area contributed by atoms with Crippen molar-refractivity contribution in [3.63, 3.8) is 0 Å². The predicted octanol–water partition coefficient (Wildman–Crippen LogP) is 5.03. The number of nitro benzene ring substituents is 1. The van der Waals surface area contributed by atoms with Crippen LogP contribution in [0.1, 0.15) is 42.7 Å². The quantitative estimate of drug-likeness (QED) is 0.194. The van der Waals surface area contributed by atoms with Crippen molar-refractivity contribution in [1.82, 2.24) is 9.88 Å². The van der Waals surface area contributed by atoms with Crippen molar-refractivity contribution in [1.29, 1.82) is 0 Å². The number of benzene rings is 2. The van der Waals surface area contributed by atoms with Gasteiger partial charge < -0.3 is 9.47 Å². The van der Waals surface area contributed by atoms with Crippen LogP contribution in [0.15, 0.2) is 95.3 Å². The lowest BCUT2D eigenvalue weighted by Crippen LogP contribution is -2.37. The zero-order valence-electron chi connectivity index (χ0n) is 23.4. The summed E-state index contributed by atoms with van der Waals surface area (Å²) < 4.78 is 11.2. The summed E-state index contributed by atoms with van der Waals surface area (Å²) in [6.45, 7) is 4.30. The number of carbonyl (C=O) groups is 2. The van der Waals surface area contributed by atoms with Gasteiger partial charge in [-0.05, 0) is 44.2 Å². The van der Waals surface area contributed by atoms with E-state index < -0.39 is 34.8 Å². The Morgan fingerprint density at radius 3 is 2.44 bits per heavy atom. The van der Waals surface area contributed by atoms with Gasteiger partial charge in [-0.3, -0.25) is 29.8 Å². The highest BCUT2D eigenvalue weighted by atomic mass is 16.6. The summed E-state index contributed by atoms with van der Waals surface area (Å²) >= 11 is 0. The van der Waals surface area contributed by atoms with Gasteiger partial charge in [0.25, 0.3) is 5.69 Å². The Hall–Kier alpha value is -4.70. The molecule has 10 heteroatoms. The second-order valence-corrected chi connectivity index (χ2v) is 9.91. The fraction of sp³-hybridized carbons (Fsp3) is 0.290. The van der Waals surface area contributed by atoms with Gasteiger partial charge in [0.15, 0.2) is 6.10 Å². The fourth-order valence-electron chi connectivity index (χ4n) is 5.12. The van der Waals surface area contributed by atoms with Crippen LogP contribution in [0, 0.1) is 16.0 Å². The Morgan fingerprint density at radius 1 is 1.05 bits per heavy atom. The number of rotatable bonds is 10. The van der Waals surface area contributed by atoms with E-state index in [2.05, 4.69) is 9.98 Å². The minimum atomic E-state index is -0.970. The minimum Gasteiger partial charge on any atom is -0.468 e. The molecule has 3 atom stereocenters. The van der Waals surface area contributed by atoms with Gasteiger partial charge in [-0.2, -0.15) is 0 Å². The molecule has 3 aromatic rings. The highest BCUT2D eigenvalue weighted by Crippen LogP contribution is 2.41. The third-order valence-electron chi connectivity index (χ3n) is 6.98. The average Bonchev–Trinajstić information content (AvgIpc) is 2.97. The minimum absolute atomic E-state index is 0.137. The molecule has 0 amide bonds. The van der Waals surface area contributed by atoms with Crippen LogP contribution in [0.3, 0.4) is 0 Å². The molecule has 0 radical (unpaired) electrons. The number of esters is 2. The Bertz CT molecular complexity index is 1470. The number of methoxy groups -OCH3 is 1. The number of carbonyl (C=O) groups excluding carboxylic acids is 2. The van der Waals surface area contributed by atoms with Crippen molar-refractivity contribution < 1.29 is 24.0 Å².